The molecule has 0 saturated carbocycles. The molecule has 1 atom stereocenters. The summed E-state index contributed by atoms with van der Waals surface area (Å²) >= 11 is 5.64. The normalized spacial score (nSPS) is 17.4. The zero-order chi connectivity index (χ0) is 17.8. The standard InChI is InChI=1S/C22H23BrN2S/c23-21-8-4-7-20-18(14-25-22(20)21)15-26-12-10-19-13-17(9-11-24-19)16-5-2-1-3-6-16/h1-9,14,19,24-25H,10-13,15H2. The molecule has 0 spiro atoms. The number of rotatable bonds is 6. The second-order valence-electron chi connectivity index (χ2n) is 6.72. The van der Waals surface area contributed by atoms with Crippen LogP contribution in [0.15, 0.2) is 65.3 Å². The van der Waals surface area contributed by atoms with Gasteiger partial charge in [0.2, 0.25) is 0 Å². The highest BCUT2D eigenvalue weighted by molar-refractivity contribution is 9.10. The molecule has 0 fully saturated rings. The van der Waals surface area contributed by atoms with Crippen LogP contribution in [0.3, 0.4) is 0 Å². The monoisotopic (exact) mass is 426 g/mol. The molecule has 2 heterocycles. The molecule has 3 aromatic rings. The Morgan fingerprint density at radius 2 is 1.96 bits per heavy atom. The van der Waals surface area contributed by atoms with Gasteiger partial charge in [0.15, 0.2) is 0 Å². The number of nitrogens with one attached hydrogen (secondary N) is 2. The van der Waals surface area contributed by atoms with Gasteiger partial charge in [-0.1, -0.05) is 48.5 Å². The maximum absolute atomic E-state index is 3.65. The van der Waals surface area contributed by atoms with Crippen LogP contribution >= 0.6 is 27.7 Å². The first-order valence-corrected chi connectivity index (χ1v) is 11.1. The smallest absolute Gasteiger partial charge is 0.0601 e. The predicted molar refractivity (Wildman–Crippen MR) is 118 cm³/mol. The number of thioether (sulfide) groups is 1. The molecule has 1 aliphatic rings. The van der Waals surface area contributed by atoms with Crippen molar-refractivity contribution in [3.05, 3.63) is 76.4 Å². The van der Waals surface area contributed by atoms with Crippen molar-refractivity contribution in [2.45, 2.75) is 24.6 Å². The van der Waals surface area contributed by atoms with Crippen molar-refractivity contribution < 1.29 is 0 Å². The largest absolute Gasteiger partial charge is 0.360 e. The molecule has 1 aromatic heterocycles. The van der Waals surface area contributed by atoms with Gasteiger partial charge >= 0.3 is 0 Å². The fourth-order valence-electron chi connectivity index (χ4n) is 3.56. The summed E-state index contributed by atoms with van der Waals surface area (Å²) in [7, 11) is 0. The van der Waals surface area contributed by atoms with E-state index in [4.69, 9.17) is 0 Å². The predicted octanol–water partition coefficient (Wildman–Crippen LogP) is 6.00. The average Bonchev–Trinajstić information content (AvgIpc) is 3.11. The lowest BCUT2D eigenvalue weighted by atomic mass is 9.94. The summed E-state index contributed by atoms with van der Waals surface area (Å²) in [6.07, 6.45) is 6.83. The molecule has 0 aliphatic carbocycles. The minimum absolute atomic E-state index is 0.583. The van der Waals surface area contributed by atoms with Crippen molar-refractivity contribution in [2.75, 3.05) is 12.3 Å². The van der Waals surface area contributed by atoms with Gasteiger partial charge in [0.1, 0.15) is 0 Å². The summed E-state index contributed by atoms with van der Waals surface area (Å²) < 4.78 is 1.14. The van der Waals surface area contributed by atoms with Crippen LogP contribution in [0.2, 0.25) is 0 Å². The van der Waals surface area contributed by atoms with E-state index in [0.29, 0.717) is 6.04 Å². The number of benzene rings is 2. The van der Waals surface area contributed by atoms with Gasteiger partial charge in [0, 0.05) is 34.4 Å². The molecule has 0 radical (unpaired) electrons. The van der Waals surface area contributed by atoms with Gasteiger partial charge < -0.3 is 10.3 Å². The molecule has 0 saturated heterocycles. The van der Waals surface area contributed by atoms with E-state index in [0.717, 1.165) is 23.2 Å². The highest BCUT2D eigenvalue weighted by Crippen LogP contribution is 2.29. The van der Waals surface area contributed by atoms with Gasteiger partial charge in [-0.25, -0.2) is 0 Å². The van der Waals surface area contributed by atoms with Crippen molar-refractivity contribution in [3.63, 3.8) is 0 Å². The Hall–Kier alpha value is -1.49. The van der Waals surface area contributed by atoms with Crippen molar-refractivity contribution in [3.8, 4) is 0 Å². The van der Waals surface area contributed by atoms with Crippen LogP contribution < -0.4 is 5.32 Å². The summed E-state index contributed by atoms with van der Waals surface area (Å²) in [5, 5.41) is 4.98. The third-order valence-electron chi connectivity index (χ3n) is 4.98. The van der Waals surface area contributed by atoms with Crippen LogP contribution in [0.25, 0.3) is 16.5 Å². The van der Waals surface area contributed by atoms with E-state index in [9.17, 15) is 0 Å². The molecule has 1 unspecified atom stereocenters. The number of hydrogen-bond acceptors (Lipinski definition) is 2. The van der Waals surface area contributed by atoms with Gasteiger partial charge in [-0.05, 0) is 57.3 Å². The van der Waals surface area contributed by atoms with E-state index >= 15 is 0 Å². The molecule has 4 rings (SSSR count). The Kier molecular flexibility index (Phi) is 5.83. The van der Waals surface area contributed by atoms with E-state index in [1.165, 1.54) is 39.8 Å². The Morgan fingerprint density at radius 3 is 2.85 bits per heavy atom. The van der Waals surface area contributed by atoms with Crippen LogP contribution in [0, 0.1) is 0 Å². The molecule has 2 nitrogen and oxygen atoms in total. The van der Waals surface area contributed by atoms with E-state index in [2.05, 4.69) is 87.0 Å². The van der Waals surface area contributed by atoms with E-state index < -0.39 is 0 Å². The third kappa shape index (κ3) is 4.08. The molecule has 4 heteroatoms. The number of aromatic amines is 1. The number of aromatic nitrogens is 1. The Bertz CT molecular complexity index is 901. The molecule has 2 aromatic carbocycles. The first-order valence-electron chi connectivity index (χ1n) is 9.11. The van der Waals surface area contributed by atoms with E-state index in [-0.39, 0.29) is 0 Å². The quantitative estimate of drug-likeness (QED) is 0.473. The lowest BCUT2D eigenvalue weighted by Crippen LogP contribution is -2.33. The van der Waals surface area contributed by atoms with Crippen LogP contribution in [0.5, 0.6) is 0 Å². The van der Waals surface area contributed by atoms with Crippen molar-refractivity contribution in [2.24, 2.45) is 0 Å². The van der Waals surface area contributed by atoms with Crippen LogP contribution in [-0.2, 0) is 5.75 Å². The molecule has 0 bridgehead atoms. The zero-order valence-corrected chi connectivity index (χ0v) is 17.1. The molecule has 0 amide bonds. The topological polar surface area (TPSA) is 27.8 Å². The Morgan fingerprint density at radius 1 is 1.08 bits per heavy atom. The Balaban J connectivity index is 1.28. The van der Waals surface area contributed by atoms with Gasteiger partial charge in [-0.2, -0.15) is 11.8 Å². The first kappa shape index (κ1) is 17.9. The summed E-state index contributed by atoms with van der Waals surface area (Å²) in [6.45, 7) is 0.982. The van der Waals surface area contributed by atoms with E-state index in [1.807, 2.05) is 11.8 Å². The second kappa shape index (κ2) is 8.47. The minimum Gasteiger partial charge on any atom is -0.360 e. The third-order valence-corrected chi connectivity index (χ3v) is 6.68. The van der Waals surface area contributed by atoms with Crippen LogP contribution in [0.4, 0.5) is 0 Å². The maximum Gasteiger partial charge on any atom is 0.0601 e. The van der Waals surface area contributed by atoms with Crippen LogP contribution in [0.1, 0.15) is 24.0 Å². The molecular formula is C22H23BrN2S. The maximum atomic E-state index is 3.65. The lowest BCUT2D eigenvalue weighted by Gasteiger charge is -2.24. The Labute approximate surface area is 167 Å². The average molecular weight is 427 g/mol. The lowest BCUT2D eigenvalue weighted by molar-refractivity contribution is 0.525. The molecular weight excluding hydrogens is 404 g/mol. The number of para-hydroxylation sites is 1. The highest BCUT2D eigenvalue weighted by atomic mass is 79.9. The fraction of sp³-hybridized carbons (Fsp3) is 0.273. The number of halogens is 1. The molecule has 2 N–H and O–H groups in total. The van der Waals surface area contributed by atoms with Crippen molar-refractivity contribution in [1.82, 2.24) is 10.3 Å². The number of H-pyrrole nitrogens is 1. The van der Waals surface area contributed by atoms with Gasteiger partial charge in [-0.15, -0.1) is 0 Å². The number of hydrogen-bond donors (Lipinski definition) is 2. The summed E-state index contributed by atoms with van der Waals surface area (Å²) in [5.41, 5.74) is 5.46. The second-order valence-corrected chi connectivity index (χ2v) is 8.68. The molecule has 134 valence electrons. The summed E-state index contributed by atoms with van der Waals surface area (Å²) in [6, 6.07) is 17.8. The molecule has 26 heavy (non-hydrogen) atoms. The fourth-order valence-corrected chi connectivity index (χ4v) is 5.10. The van der Waals surface area contributed by atoms with Gasteiger partial charge in [0.25, 0.3) is 0 Å². The highest BCUT2D eigenvalue weighted by Gasteiger charge is 2.15. The van der Waals surface area contributed by atoms with Crippen molar-refractivity contribution in [1.29, 1.82) is 0 Å². The summed E-state index contributed by atoms with van der Waals surface area (Å²) in [5.74, 6) is 2.24. The molecule has 1 aliphatic heterocycles. The number of fused-ring (bicyclic) bond motifs is 1. The SMILES string of the molecule is Brc1cccc2c(CSCCC3CC(c4ccccc4)=CCN3)c[nH]c12. The van der Waals surface area contributed by atoms with Crippen molar-refractivity contribution >= 4 is 44.2 Å². The van der Waals surface area contributed by atoms with Gasteiger partial charge in [-0.3, -0.25) is 0 Å². The minimum atomic E-state index is 0.583. The first-order chi connectivity index (χ1) is 12.8. The van der Waals surface area contributed by atoms with Gasteiger partial charge in [0.05, 0.1) is 5.52 Å². The summed E-state index contributed by atoms with van der Waals surface area (Å²) in [4.78, 5) is 3.39. The zero-order valence-electron chi connectivity index (χ0n) is 14.7. The van der Waals surface area contributed by atoms with E-state index in [1.54, 1.807) is 0 Å². The van der Waals surface area contributed by atoms with Crippen LogP contribution in [-0.4, -0.2) is 23.3 Å².